The Morgan fingerprint density at radius 1 is 1.07 bits per heavy atom. The summed E-state index contributed by atoms with van der Waals surface area (Å²) in [6.07, 6.45) is -3.47. The van der Waals surface area contributed by atoms with E-state index >= 15 is 0 Å². The summed E-state index contributed by atoms with van der Waals surface area (Å²) in [6, 6.07) is 13.5. The first-order valence-electron chi connectivity index (χ1n) is 13.4. The zero-order chi connectivity index (χ0) is 29.9. The number of aliphatic hydroxyl groups is 1. The van der Waals surface area contributed by atoms with Crippen LogP contribution in [0.4, 0.5) is 0 Å². The van der Waals surface area contributed by atoms with Gasteiger partial charge in [-0.3, -0.25) is 4.79 Å². The van der Waals surface area contributed by atoms with Gasteiger partial charge >= 0.3 is 5.97 Å². The van der Waals surface area contributed by atoms with Gasteiger partial charge in [0, 0.05) is 0 Å². The molecule has 1 aliphatic heterocycles. The quantitative estimate of drug-likeness (QED) is 0.293. The Morgan fingerprint density at radius 3 is 2.25 bits per heavy atom. The minimum absolute atomic E-state index is 0.0483. The maximum absolute atomic E-state index is 13.4. The first kappa shape index (κ1) is 32.4. The van der Waals surface area contributed by atoms with Gasteiger partial charge in [0.25, 0.3) is 0 Å². The molecule has 4 atom stereocenters. The van der Waals surface area contributed by atoms with Crippen molar-refractivity contribution >= 4 is 24.3 Å². The topological polar surface area (TPSA) is 120 Å². The van der Waals surface area contributed by atoms with Crippen LogP contribution in [0.2, 0.25) is 18.1 Å². The van der Waals surface area contributed by atoms with Crippen LogP contribution in [0, 0.1) is 6.92 Å². The van der Waals surface area contributed by atoms with E-state index < -0.39 is 54.5 Å². The molecule has 0 spiro atoms. The number of rotatable bonds is 11. The van der Waals surface area contributed by atoms with Crippen molar-refractivity contribution in [1.29, 1.82) is 0 Å². The van der Waals surface area contributed by atoms with Crippen LogP contribution in [-0.2, 0) is 40.1 Å². The molecule has 1 fully saturated rings. The summed E-state index contributed by atoms with van der Waals surface area (Å²) in [5.74, 6) is -2.04. The molecule has 0 amide bonds. The number of carbonyl (C=O) groups excluding carboxylic acids is 1. The third-order valence-corrected chi connectivity index (χ3v) is 13.4. The molecule has 0 radical (unpaired) electrons. The molecule has 11 heteroatoms. The van der Waals surface area contributed by atoms with Crippen LogP contribution in [-0.4, -0.2) is 64.6 Å². The number of aliphatic hydroxyl groups excluding tert-OH is 1. The molecule has 2 aromatic carbocycles. The molecule has 3 rings (SSSR count). The molecule has 0 aliphatic carbocycles. The maximum atomic E-state index is 13.4. The van der Waals surface area contributed by atoms with E-state index in [2.05, 4.69) is 38.6 Å². The molecular formula is C29H43NO8SSi. The average molecular weight is 594 g/mol. The summed E-state index contributed by atoms with van der Waals surface area (Å²) in [5, 5.41) is 11.5. The van der Waals surface area contributed by atoms with Crippen LogP contribution in [0.1, 0.15) is 45.7 Å². The second-order valence-corrected chi connectivity index (χ2v) is 18.7. The second kappa shape index (κ2) is 12.4. The first-order valence-corrected chi connectivity index (χ1v) is 17.8. The highest BCUT2D eigenvalue weighted by Crippen LogP contribution is 2.38. The number of aryl methyl sites for hydroxylation is 1. The van der Waals surface area contributed by atoms with Gasteiger partial charge in [-0.2, -0.15) is 4.72 Å². The minimum atomic E-state index is -4.21. The Kier molecular flexibility index (Phi) is 10.0. The summed E-state index contributed by atoms with van der Waals surface area (Å²) < 4.78 is 52.9. The van der Waals surface area contributed by atoms with E-state index in [4.69, 9.17) is 18.6 Å². The predicted molar refractivity (Wildman–Crippen MR) is 155 cm³/mol. The molecule has 222 valence electrons. The predicted octanol–water partition coefficient (Wildman–Crippen LogP) is 4.29. The molecule has 0 bridgehead atoms. The van der Waals surface area contributed by atoms with Gasteiger partial charge < -0.3 is 23.7 Å². The van der Waals surface area contributed by atoms with Gasteiger partial charge in [-0.1, -0.05) is 68.8 Å². The van der Waals surface area contributed by atoms with Crippen LogP contribution in [0.5, 0.6) is 0 Å². The van der Waals surface area contributed by atoms with Gasteiger partial charge in [0.15, 0.2) is 14.1 Å². The third-order valence-electron chi connectivity index (χ3n) is 7.41. The van der Waals surface area contributed by atoms with E-state index in [1.807, 2.05) is 13.0 Å². The number of esters is 1. The molecule has 0 saturated carbocycles. The van der Waals surface area contributed by atoms with Crippen LogP contribution >= 0.6 is 0 Å². The molecule has 0 unspecified atom stereocenters. The number of benzene rings is 2. The van der Waals surface area contributed by atoms with Crippen molar-refractivity contribution < 1.29 is 37.0 Å². The highest BCUT2D eigenvalue weighted by Gasteiger charge is 2.50. The van der Waals surface area contributed by atoms with Crippen molar-refractivity contribution in [3.63, 3.8) is 0 Å². The highest BCUT2D eigenvalue weighted by atomic mass is 32.2. The lowest BCUT2D eigenvalue weighted by Gasteiger charge is -2.37. The number of hydrogen-bond donors (Lipinski definition) is 2. The molecule has 40 heavy (non-hydrogen) atoms. The maximum Gasteiger partial charge on any atom is 0.327 e. The molecule has 0 aromatic heterocycles. The summed E-state index contributed by atoms with van der Waals surface area (Å²) in [4.78, 5) is 13.3. The van der Waals surface area contributed by atoms with Crippen LogP contribution < -0.4 is 4.72 Å². The van der Waals surface area contributed by atoms with Crippen LogP contribution in [0.3, 0.4) is 0 Å². The number of nitrogens with one attached hydrogen (secondary N) is 1. The lowest BCUT2D eigenvalue weighted by molar-refractivity contribution is -0.165. The van der Waals surface area contributed by atoms with Gasteiger partial charge in [0.05, 0.1) is 11.5 Å². The van der Waals surface area contributed by atoms with Crippen LogP contribution in [0.15, 0.2) is 59.5 Å². The van der Waals surface area contributed by atoms with Gasteiger partial charge in [-0.25, -0.2) is 8.42 Å². The van der Waals surface area contributed by atoms with Gasteiger partial charge in [0.1, 0.15) is 31.0 Å². The van der Waals surface area contributed by atoms with E-state index in [1.54, 1.807) is 50.2 Å². The largest absolute Gasteiger partial charge is 0.460 e. The SMILES string of the molecule is Cc1ccc(S(=O)(=O)N[C@H](C(=O)OCc2ccccc2)[C@H](O)[C@@H]2OC(C)(C)O[C@H]2CO[Si](C)(C)C(C)(C)C)cc1. The summed E-state index contributed by atoms with van der Waals surface area (Å²) in [7, 11) is -6.40. The van der Waals surface area contributed by atoms with Crippen molar-refractivity contribution in [3.05, 3.63) is 65.7 Å². The Labute approximate surface area is 239 Å². The number of carbonyl (C=O) groups is 1. The van der Waals surface area contributed by atoms with Crippen molar-refractivity contribution in [2.24, 2.45) is 0 Å². The van der Waals surface area contributed by atoms with Gasteiger partial charge in [-0.05, 0) is 56.6 Å². The van der Waals surface area contributed by atoms with Crippen LogP contribution in [0.25, 0.3) is 0 Å². The fraction of sp³-hybridized carbons (Fsp3) is 0.552. The van der Waals surface area contributed by atoms with Crippen molar-refractivity contribution in [2.45, 2.75) is 101 Å². The average Bonchev–Trinajstić information content (AvgIpc) is 3.19. The second-order valence-electron chi connectivity index (χ2n) is 12.2. The molecule has 9 nitrogen and oxygen atoms in total. The molecule has 2 aromatic rings. The molecule has 1 saturated heterocycles. The highest BCUT2D eigenvalue weighted by molar-refractivity contribution is 7.89. The Bertz CT molecular complexity index is 1240. The lowest BCUT2D eigenvalue weighted by atomic mass is 10.0. The first-order chi connectivity index (χ1) is 18.4. The Hall–Kier alpha value is -2.12. The molecule has 2 N–H and O–H groups in total. The van der Waals surface area contributed by atoms with E-state index in [9.17, 15) is 18.3 Å². The summed E-state index contributed by atoms with van der Waals surface area (Å²) in [5.41, 5.74) is 1.59. The molecule has 1 heterocycles. The van der Waals surface area contributed by atoms with Crippen molar-refractivity contribution in [3.8, 4) is 0 Å². The number of ether oxygens (including phenoxy) is 3. The number of hydrogen-bond acceptors (Lipinski definition) is 8. The zero-order valence-electron chi connectivity index (χ0n) is 24.6. The molecular weight excluding hydrogens is 550 g/mol. The Morgan fingerprint density at radius 2 is 1.68 bits per heavy atom. The van der Waals surface area contributed by atoms with E-state index in [0.29, 0.717) is 5.56 Å². The lowest BCUT2D eigenvalue weighted by Crippen LogP contribution is -2.56. The summed E-state index contributed by atoms with van der Waals surface area (Å²) >= 11 is 0. The van der Waals surface area contributed by atoms with E-state index in [1.165, 1.54) is 12.1 Å². The van der Waals surface area contributed by atoms with E-state index in [-0.39, 0.29) is 23.1 Å². The summed E-state index contributed by atoms with van der Waals surface area (Å²) in [6.45, 7) is 15.8. The monoisotopic (exact) mass is 593 g/mol. The third kappa shape index (κ3) is 8.22. The fourth-order valence-corrected chi connectivity index (χ4v) is 6.22. The minimum Gasteiger partial charge on any atom is -0.460 e. The van der Waals surface area contributed by atoms with Crippen molar-refractivity contribution in [1.82, 2.24) is 4.72 Å². The number of sulfonamides is 1. The van der Waals surface area contributed by atoms with Crippen molar-refractivity contribution in [2.75, 3.05) is 6.61 Å². The Balaban J connectivity index is 1.89. The standard InChI is InChI=1S/C29H43NO8SSi/c1-20-14-16-22(17-15-20)39(33,34)30-24(27(32)35-18-21-12-10-9-11-13-21)25(31)26-23(37-29(5,6)38-26)19-36-40(7,8)28(2,3)4/h9-17,23-26,30-31H,18-19H2,1-8H3/t23-,24-,25-,26+/m0/s1. The fourth-order valence-electron chi connectivity index (χ4n) is 4.01. The van der Waals surface area contributed by atoms with Gasteiger partial charge in [-0.15, -0.1) is 0 Å². The van der Waals surface area contributed by atoms with Gasteiger partial charge in [0.2, 0.25) is 10.0 Å². The van der Waals surface area contributed by atoms with E-state index in [0.717, 1.165) is 5.56 Å². The normalized spacial score (nSPS) is 21.1. The zero-order valence-corrected chi connectivity index (χ0v) is 26.4. The molecule has 1 aliphatic rings. The smallest absolute Gasteiger partial charge is 0.327 e.